The number of aromatic nitrogens is 5. The highest BCUT2D eigenvalue weighted by molar-refractivity contribution is 6.30. The van der Waals surface area contributed by atoms with Crippen molar-refractivity contribution in [1.82, 2.24) is 30.1 Å². The lowest BCUT2D eigenvalue weighted by Gasteiger charge is -2.40. The van der Waals surface area contributed by atoms with Crippen molar-refractivity contribution in [2.75, 3.05) is 37.7 Å². The van der Waals surface area contributed by atoms with E-state index in [-0.39, 0.29) is 5.56 Å². The van der Waals surface area contributed by atoms with Crippen LogP contribution in [0.15, 0.2) is 70.1 Å². The number of aryl methyl sites for hydroxylation is 1. The number of hydrogen-bond donors (Lipinski definition) is 1. The summed E-state index contributed by atoms with van der Waals surface area (Å²) in [6.07, 6.45) is 1.62. The van der Waals surface area contributed by atoms with Gasteiger partial charge in [-0.3, -0.25) is 9.69 Å². The second kappa shape index (κ2) is 11.1. The number of nitrogens with one attached hydrogen (secondary N) is 1. The summed E-state index contributed by atoms with van der Waals surface area (Å²) in [4.78, 5) is 21.2. The number of ether oxygens (including phenoxy) is 1. The lowest BCUT2D eigenvalue weighted by molar-refractivity contribution is 0.200. The first-order valence-corrected chi connectivity index (χ1v) is 13.7. The van der Waals surface area contributed by atoms with Crippen LogP contribution < -0.4 is 15.2 Å². The predicted molar refractivity (Wildman–Crippen MR) is 153 cm³/mol. The Morgan fingerprint density at radius 2 is 1.95 bits per heavy atom. The highest BCUT2D eigenvalue weighted by Crippen LogP contribution is 2.31. The Morgan fingerprint density at radius 3 is 2.73 bits per heavy atom. The number of piperazine rings is 1. The molecule has 10 nitrogen and oxygen atoms in total. The van der Waals surface area contributed by atoms with Crippen molar-refractivity contribution < 1.29 is 9.15 Å². The molecule has 0 radical (unpaired) electrons. The molecule has 1 aliphatic rings. The smallest absolute Gasteiger partial charge is 0.253 e. The number of benzene rings is 2. The lowest BCUT2D eigenvalue weighted by Crippen LogP contribution is -2.49. The predicted octanol–water partition coefficient (Wildman–Crippen LogP) is 4.43. The number of nitrogens with zero attached hydrogens (tertiary/aromatic N) is 6. The first-order valence-electron chi connectivity index (χ1n) is 13.3. The van der Waals surface area contributed by atoms with E-state index in [0.717, 1.165) is 41.2 Å². The van der Waals surface area contributed by atoms with Crippen LogP contribution in [-0.4, -0.2) is 62.9 Å². The zero-order valence-electron chi connectivity index (χ0n) is 22.4. The van der Waals surface area contributed by atoms with E-state index >= 15 is 0 Å². The molecule has 206 valence electrons. The molecule has 2 aromatic carbocycles. The number of fused-ring (bicyclic) bond motifs is 1. The van der Waals surface area contributed by atoms with Crippen LogP contribution in [-0.2, 0) is 6.54 Å². The summed E-state index contributed by atoms with van der Waals surface area (Å²) in [7, 11) is 0. The largest absolute Gasteiger partial charge is 0.494 e. The molecule has 1 N–H and O–H groups in total. The van der Waals surface area contributed by atoms with Crippen LogP contribution in [0.5, 0.6) is 5.75 Å². The zero-order valence-corrected chi connectivity index (χ0v) is 23.1. The first kappa shape index (κ1) is 26.1. The van der Waals surface area contributed by atoms with E-state index in [4.69, 9.17) is 20.8 Å². The number of halogens is 1. The van der Waals surface area contributed by atoms with Crippen LogP contribution in [0.2, 0.25) is 5.02 Å². The average Bonchev–Trinajstić information content (AvgIpc) is 3.64. The number of tetrazole rings is 1. The topological polar surface area (TPSA) is 105 Å². The standard InChI is InChI=1S/C29H30ClN7O3/c1-3-39-22-8-9-25-20(15-22)16-24(29(38)31-25)27(28-32-33-34-37(28)18-23-5-4-14-40-23)36-12-10-35(11-13-36)26-17-21(30)7-6-19(26)2/h4-9,14-17,27H,3,10-13,18H2,1-2H3,(H,31,38). The van der Waals surface area contributed by atoms with Gasteiger partial charge in [0, 0.05) is 53.4 Å². The van der Waals surface area contributed by atoms with Crippen molar-refractivity contribution in [3.05, 3.63) is 98.9 Å². The monoisotopic (exact) mass is 559 g/mol. The number of aromatic amines is 1. The van der Waals surface area contributed by atoms with Crippen molar-refractivity contribution >= 4 is 28.2 Å². The molecule has 3 aromatic heterocycles. The summed E-state index contributed by atoms with van der Waals surface area (Å²) in [5, 5.41) is 14.3. The molecular formula is C29H30ClN7O3. The van der Waals surface area contributed by atoms with E-state index in [9.17, 15) is 4.79 Å². The van der Waals surface area contributed by atoms with Crippen LogP contribution in [0.1, 0.15) is 35.7 Å². The number of furan rings is 1. The number of rotatable bonds is 8. The van der Waals surface area contributed by atoms with E-state index in [1.54, 1.807) is 10.9 Å². The van der Waals surface area contributed by atoms with Gasteiger partial charge >= 0.3 is 0 Å². The molecule has 0 bridgehead atoms. The number of hydrogen-bond acceptors (Lipinski definition) is 8. The van der Waals surface area contributed by atoms with Crippen LogP contribution >= 0.6 is 11.6 Å². The Morgan fingerprint density at radius 1 is 1.10 bits per heavy atom. The number of anilines is 1. The molecule has 0 aliphatic carbocycles. The average molecular weight is 560 g/mol. The Kier molecular flexibility index (Phi) is 7.27. The van der Waals surface area contributed by atoms with E-state index in [0.29, 0.717) is 42.7 Å². The molecule has 5 aromatic rings. The van der Waals surface area contributed by atoms with Gasteiger partial charge in [-0.15, -0.1) is 5.10 Å². The molecule has 1 aliphatic heterocycles. The first-order chi connectivity index (χ1) is 19.5. The Bertz CT molecular complexity index is 1670. The molecule has 1 atom stereocenters. The van der Waals surface area contributed by atoms with Crippen LogP contribution in [0.4, 0.5) is 5.69 Å². The molecule has 1 unspecified atom stereocenters. The van der Waals surface area contributed by atoms with Crippen molar-refractivity contribution in [2.24, 2.45) is 0 Å². The summed E-state index contributed by atoms with van der Waals surface area (Å²) in [5.41, 5.74) is 3.44. The molecule has 6 rings (SSSR count). The van der Waals surface area contributed by atoms with Crippen molar-refractivity contribution in [3.63, 3.8) is 0 Å². The van der Waals surface area contributed by atoms with Gasteiger partial charge in [0.05, 0.1) is 12.9 Å². The third kappa shape index (κ3) is 5.20. The molecule has 11 heteroatoms. The van der Waals surface area contributed by atoms with Crippen LogP contribution in [0, 0.1) is 6.92 Å². The third-order valence-electron chi connectivity index (χ3n) is 7.33. The summed E-state index contributed by atoms with van der Waals surface area (Å²) >= 11 is 6.32. The number of H-pyrrole nitrogens is 1. The molecule has 1 saturated heterocycles. The van der Waals surface area contributed by atoms with E-state index in [1.165, 1.54) is 5.56 Å². The van der Waals surface area contributed by atoms with E-state index in [1.807, 2.05) is 61.5 Å². The van der Waals surface area contributed by atoms with Gasteiger partial charge in [0.25, 0.3) is 5.56 Å². The normalized spacial score (nSPS) is 15.0. The second-order valence-corrected chi connectivity index (χ2v) is 10.3. The minimum Gasteiger partial charge on any atom is -0.494 e. The van der Waals surface area contributed by atoms with E-state index in [2.05, 4.69) is 37.2 Å². The van der Waals surface area contributed by atoms with Gasteiger partial charge in [-0.05, 0) is 78.4 Å². The molecule has 1 fully saturated rings. The Labute approximate surface area is 236 Å². The van der Waals surface area contributed by atoms with Gasteiger partial charge in [0.2, 0.25) is 0 Å². The molecule has 0 amide bonds. The molecule has 4 heterocycles. The summed E-state index contributed by atoms with van der Waals surface area (Å²) < 4.78 is 13.0. The maximum Gasteiger partial charge on any atom is 0.253 e. The molecule has 0 saturated carbocycles. The minimum absolute atomic E-state index is 0.178. The maximum atomic E-state index is 13.6. The fourth-order valence-electron chi connectivity index (χ4n) is 5.37. The van der Waals surface area contributed by atoms with Gasteiger partial charge < -0.3 is 19.0 Å². The lowest BCUT2D eigenvalue weighted by atomic mass is 10.0. The molecular weight excluding hydrogens is 530 g/mol. The fraction of sp³-hybridized carbons (Fsp3) is 0.310. The van der Waals surface area contributed by atoms with Gasteiger partial charge in [-0.1, -0.05) is 17.7 Å². The number of pyridine rings is 1. The summed E-state index contributed by atoms with van der Waals surface area (Å²) in [6, 6.07) is 16.8. The van der Waals surface area contributed by atoms with Crippen LogP contribution in [0.25, 0.3) is 10.9 Å². The van der Waals surface area contributed by atoms with Gasteiger partial charge in [-0.2, -0.15) is 0 Å². The molecule has 0 spiro atoms. The van der Waals surface area contributed by atoms with Crippen molar-refractivity contribution in [3.8, 4) is 5.75 Å². The van der Waals surface area contributed by atoms with E-state index < -0.39 is 6.04 Å². The maximum absolute atomic E-state index is 13.6. The van der Waals surface area contributed by atoms with Crippen molar-refractivity contribution in [2.45, 2.75) is 26.4 Å². The van der Waals surface area contributed by atoms with Crippen LogP contribution in [0.3, 0.4) is 0 Å². The Balaban J connectivity index is 1.39. The van der Waals surface area contributed by atoms with Gasteiger partial charge in [0.1, 0.15) is 24.1 Å². The third-order valence-corrected chi connectivity index (χ3v) is 7.57. The Hall–Kier alpha value is -4.15. The molecule has 40 heavy (non-hydrogen) atoms. The minimum atomic E-state index is -0.475. The van der Waals surface area contributed by atoms with Crippen molar-refractivity contribution in [1.29, 1.82) is 0 Å². The van der Waals surface area contributed by atoms with Gasteiger partial charge in [0.15, 0.2) is 5.82 Å². The quantitative estimate of drug-likeness (QED) is 0.298. The van der Waals surface area contributed by atoms with Gasteiger partial charge in [-0.25, -0.2) is 4.68 Å². The highest BCUT2D eigenvalue weighted by atomic mass is 35.5. The fourth-order valence-corrected chi connectivity index (χ4v) is 5.54. The summed E-state index contributed by atoms with van der Waals surface area (Å²) in [6.45, 7) is 7.86. The highest BCUT2D eigenvalue weighted by Gasteiger charge is 2.33. The zero-order chi connectivity index (χ0) is 27.6. The SMILES string of the molecule is CCOc1ccc2[nH]c(=O)c(C(c3nnnn3Cc3ccco3)N3CCN(c4cc(Cl)ccc4C)CC3)cc2c1. The summed E-state index contributed by atoms with van der Waals surface area (Å²) in [5.74, 6) is 2.05. The second-order valence-electron chi connectivity index (χ2n) is 9.87.